The van der Waals surface area contributed by atoms with E-state index in [0.717, 1.165) is 0 Å². The van der Waals surface area contributed by atoms with E-state index in [4.69, 9.17) is 11.0 Å². The summed E-state index contributed by atoms with van der Waals surface area (Å²) >= 11 is 0. The first-order valence-electron chi connectivity index (χ1n) is 10.5. The number of fused-ring (bicyclic) bond motifs is 3. The Hall–Kier alpha value is -3.94. The fourth-order valence-electron chi connectivity index (χ4n) is 5.55. The molecule has 3 aliphatic rings. The van der Waals surface area contributed by atoms with Crippen molar-refractivity contribution >= 4 is 29.3 Å². The van der Waals surface area contributed by atoms with Crippen LogP contribution in [0.4, 0.5) is 0 Å². The zero-order chi connectivity index (χ0) is 25.1. The van der Waals surface area contributed by atoms with Crippen LogP contribution < -0.4 is 5.73 Å². The fraction of sp³-hybridized carbons (Fsp3) is 0.333. The van der Waals surface area contributed by atoms with E-state index in [9.17, 15) is 34.8 Å². The summed E-state index contributed by atoms with van der Waals surface area (Å²) in [5.74, 6) is -6.96. The molecule has 3 aliphatic carbocycles. The number of carbonyl (C=O) groups is 3. The number of primary amides is 1. The molecule has 1 aromatic rings. The summed E-state index contributed by atoms with van der Waals surface area (Å²) in [5.41, 5.74) is 2.58. The van der Waals surface area contributed by atoms with Crippen molar-refractivity contribution in [2.24, 2.45) is 17.6 Å². The summed E-state index contributed by atoms with van der Waals surface area (Å²) in [6.07, 6.45) is 2.92. The summed E-state index contributed by atoms with van der Waals surface area (Å²) in [5, 5.41) is 52.7. The molecule has 0 bridgehead atoms. The van der Waals surface area contributed by atoms with E-state index in [0.29, 0.717) is 11.1 Å². The molecule has 1 aromatic carbocycles. The number of nitrogens with zero attached hydrogens (tertiary/aromatic N) is 2. The number of phenols is 1. The van der Waals surface area contributed by atoms with Crippen LogP contribution in [0, 0.1) is 23.2 Å². The van der Waals surface area contributed by atoms with Crippen LogP contribution in [0.3, 0.4) is 0 Å². The van der Waals surface area contributed by atoms with Gasteiger partial charge in [-0.3, -0.25) is 19.3 Å². The molecular weight excluding hydrogens is 442 g/mol. The van der Waals surface area contributed by atoms with Crippen molar-refractivity contribution < 1.29 is 34.8 Å². The number of hydrogen-bond acceptors (Lipinski definition) is 9. The quantitative estimate of drug-likeness (QED) is 0.313. The van der Waals surface area contributed by atoms with Crippen molar-refractivity contribution in [2.45, 2.75) is 24.5 Å². The molecule has 0 heterocycles. The van der Waals surface area contributed by atoms with E-state index in [1.807, 2.05) is 6.07 Å². The molecule has 0 aromatic heterocycles. The van der Waals surface area contributed by atoms with Crippen molar-refractivity contribution in [3.05, 3.63) is 51.8 Å². The van der Waals surface area contributed by atoms with E-state index in [1.54, 1.807) is 6.07 Å². The highest BCUT2D eigenvalue weighted by Gasteiger charge is 2.64. The van der Waals surface area contributed by atoms with Gasteiger partial charge >= 0.3 is 0 Å². The van der Waals surface area contributed by atoms with E-state index in [1.165, 1.54) is 37.2 Å². The molecule has 0 spiro atoms. The molecule has 0 saturated heterocycles. The van der Waals surface area contributed by atoms with Gasteiger partial charge in [-0.25, -0.2) is 0 Å². The van der Waals surface area contributed by atoms with E-state index >= 15 is 0 Å². The molecule has 0 aliphatic heterocycles. The Morgan fingerprint density at radius 2 is 1.94 bits per heavy atom. The predicted octanol–water partition coefficient (Wildman–Crippen LogP) is 0.501. The normalized spacial score (nSPS) is 28.6. The lowest BCUT2D eigenvalue weighted by molar-refractivity contribution is -0.153. The monoisotopic (exact) mass is 465 g/mol. The van der Waals surface area contributed by atoms with Crippen LogP contribution >= 0.6 is 0 Å². The van der Waals surface area contributed by atoms with Gasteiger partial charge in [0.05, 0.1) is 17.7 Å². The highest BCUT2D eigenvalue weighted by Crippen LogP contribution is 2.52. The first-order chi connectivity index (χ1) is 16.0. The Morgan fingerprint density at radius 1 is 1.26 bits per heavy atom. The number of nitriles is 1. The molecule has 34 heavy (non-hydrogen) atoms. The number of ketones is 2. The average Bonchev–Trinajstić information content (AvgIpc) is 2.75. The lowest BCUT2D eigenvalue weighted by Crippen LogP contribution is -2.65. The zero-order valence-electron chi connectivity index (χ0n) is 18.4. The molecular formula is C24H23N3O7. The Kier molecular flexibility index (Phi) is 5.35. The fourth-order valence-corrected chi connectivity index (χ4v) is 5.55. The SMILES string of the molecule is CN(C)[C@@H]1C(=O)C(C(N)=O)=C(O)[C@]2(O)C(=O)C3=C(O)c4c(O)ccc(C=CC#N)c4C[C@H]3C[C@@H]12. The molecule has 0 radical (unpaired) electrons. The maximum absolute atomic E-state index is 13.7. The number of carbonyl (C=O) groups excluding carboxylic acids is 3. The van der Waals surface area contributed by atoms with Crippen LogP contribution in [0.5, 0.6) is 5.75 Å². The largest absolute Gasteiger partial charge is 0.508 e. The van der Waals surface area contributed by atoms with Gasteiger partial charge in [0.2, 0.25) is 5.78 Å². The summed E-state index contributed by atoms with van der Waals surface area (Å²) in [6, 6.07) is 3.62. The van der Waals surface area contributed by atoms with Gasteiger partial charge in [0, 0.05) is 17.6 Å². The van der Waals surface area contributed by atoms with Gasteiger partial charge < -0.3 is 26.2 Å². The number of allylic oxidation sites excluding steroid dienone is 1. The minimum absolute atomic E-state index is 0.00280. The van der Waals surface area contributed by atoms with E-state index < -0.39 is 58.0 Å². The van der Waals surface area contributed by atoms with Crippen molar-refractivity contribution in [1.82, 2.24) is 4.90 Å². The Bertz CT molecular complexity index is 1280. The molecule has 10 nitrogen and oxygen atoms in total. The number of rotatable bonds is 3. The maximum atomic E-state index is 13.7. The third-order valence-electron chi connectivity index (χ3n) is 6.98. The van der Waals surface area contributed by atoms with Crippen molar-refractivity contribution in [3.63, 3.8) is 0 Å². The van der Waals surface area contributed by atoms with E-state index in [-0.39, 0.29) is 29.7 Å². The molecule has 1 saturated carbocycles. The van der Waals surface area contributed by atoms with Crippen LogP contribution in [0.1, 0.15) is 23.1 Å². The Labute approximate surface area is 194 Å². The van der Waals surface area contributed by atoms with Gasteiger partial charge in [0.1, 0.15) is 22.8 Å². The van der Waals surface area contributed by atoms with Gasteiger partial charge in [-0.2, -0.15) is 5.26 Å². The third-order valence-corrected chi connectivity index (χ3v) is 6.98. The predicted molar refractivity (Wildman–Crippen MR) is 119 cm³/mol. The molecule has 6 N–H and O–H groups in total. The van der Waals surface area contributed by atoms with Gasteiger partial charge in [-0.1, -0.05) is 6.07 Å². The number of phenolic OH excluding ortho intramolecular Hbond substituents is 1. The van der Waals surface area contributed by atoms with Gasteiger partial charge in [0.15, 0.2) is 11.4 Å². The highest BCUT2D eigenvalue weighted by molar-refractivity contribution is 6.24. The number of hydrogen-bond donors (Lipinski definition) is 5. The minimum atomic E-state index is -2.67. The summed E-state index contributed by atoms with van der Waals surface area (Å²) in [4.78, 5) is 40.1. The third kappa shape index (κ3) is 2.98. The molecule has 10 heteroatoms. The zero-order valence-corrected chi connectivity index (χ0v) is 18.4. The molecule has 176 valence electrons. The van der Waals surface area contributed by atoms with E-state index in [2.05, 4.69) is 0 Å². The summed E-state index contributed by atoms with van der Waals surface area (Å²) in [7, 11) is 3.08. The smallest absolute Gasteiger partial charge is 0.255 e. The second-order valence-electron chi connectivity index (χ2n) is 8.95. The van der Waals surface area contributed by atoms with Crippen molar-refractivity contribution in [2.75, 3.05) is 14.1 Å². The lowest BCUT2D eigenvalue weighted by atomic mass is 9.57. The highest BCUT2D eigenvalue weighted by atomic mass is 16.3. The van der Waals surface area contributed by atoms with Crippen LogP contribution in [0.15, 0.2) is 35.1 Å². The van der Waals surface area contributed by atoms with Gasteiger partial charge in [-0.05, 0) is 56.1 Å². The van der Waals surface area contributed by atoms with Crippen LogP contribution in [-0.2, 0) is 20.8 Å². The average molecular weight is 465 g/mol. The lowest BCUT2D eigenvalue weighted by Gasteiger charge is -2.50. The van der Waals surface area contributed by atoms with Crippen LogP contribution in [0.25, 0.3) is 11.8 Å². The number of nitrogens with two attached hydrogens (primary N) is 1. The summed E-state index contributed by atoms with van der Waals surface area (Å²) in [6.45, 7) is 0. The summed E-state index contributed by atoms with van der Waals surface area (Å²) < 4.78 is 0. The minimum Gasteiger partial charge on any atom is -0.508 e. The number of amides is 1. The molecule has 0 unspecified atom stereocenters. The topological polar surface area (TPSA) is 185 Å². The van der Waals surface area contributed by atoms with Gasteiger partial charge in [-0.15, -0.1) is 0 Å². The Balaban J connectivity index is 1.98. The molecule has 1 fully saturated rings. The van der Waals surface area contributed by atoms with Crippen molar-refractivity contribution in [3.8, 4) is 11.8 Å². The van der Waals surface area contributed by atoms with Crippen LogP contribution in [0.2, 0.25) is 0 Å². The number of likely N-dealkylation sites (N-methyl/N-ethyl adjacent to an activating group) is 1. The van der Waals surface area contributed by atoms with Crippen LogP contribution in [-0.4, -0.2) is 68.5 Å². The molecule has 4 atom stereocenters. The second-order valence-corrected chi connectivity index (χ2v) is 8.95. The first-order valence-corrected chi connectivity index (χ1v) is 10.5. The van der Waals surface area contributed by atoms with Gasteiger partial charge in [0.25, 0.3) is 5.91 Å². The second kappa shape index (κ2) is 7.83. The molecule has 1 amide bonds. The van der Waals surface area contributed by atoms with Crippen molar-refractivity contribution in [1.29, 1.82) is 5.26 Å². The Morgan fingerprint density at radius 3 is 2.53 bits per heavy atom. The maximum Gasteiger partial charge on any atom is 0.255 e. The number of aliphatic hydroxyl groups is 3. The molecule has 4 rings (SSSR count). The standard InChI is InChI=1S/C24H23N3O7/c1-27(2)18-13-9-11-8-12-10(4-3-7-25)5-6-14(28)16(12)19(29)15(11)21(31)24(13,34)22(32)17(20(18)30)23(26)33/h3-6,11,13,18,28-29,32,34H,8-9H2,1-2H3,(H2,26,33)/t11-,13-,18-,24+/m0/s1. The number of benzene rings is 1. The number of Topliss-reactive ketones (excluding diaryl/α,β-unsaturated/α-hetero) is 2. The number of aliphatic hydroxyl groups excluding tert-OH is 2. The first kappa shape index (κ1) is 23.2. The number of aromatic hydroxyl groups is 1.